The Morgan fingerprint density at radius 1 is 1.08 bits per heavy atom. The second kappa shape index (κ2) is 6.72. The molecule has 0 bridgehead atoms. The van der Waals surface area contributed by atoms with Gasteiger partial charge in [0.2, 0.25) is 5.91 Å². The molecule has 25 heavy (non-hydrogen) atoms. The number of benzene rings is 2. The normalized spacial score (nSPS) is 13.2. The number of carbonyl (C=O) groups excluding carboxylic acids is 2. The molecule has 0 spiro atoms. The number of nitrogens with zero attached hydrogens (tertiary/aromatic N) is 1. The van der Waals surface area contributed by atoms with E-state index in [0.717, 1.165) is 12.8 Å². The lowest BCUT2D eigenvalue weighted by Crippen LogP contribution is -2.15. The zero-order valence-electron chi connectivity index (χ0n) is 13.6. The molecule has 0 atom stereocenters. The van der Waals surface area contributed by atoms with Gasteiger partial charge in [0.05, 0.1) is 4.92 Å². The predicted molar refractivity (Wildman–Crippen MR) is 93.6 cm³/mol. The maximum atomic E-state index is 12.4. The number of rotatable bonds is 5. The van der Waals surface area contributed by atoms with Gasteiger partial charge in [-0.15, -0.1) is 0 Å². The summed E-state index contributed by atoms with van der Waals surface area (Å²) in [6, 6.07) is 11.2. The van der Waals surface area contributed by atoms with Gasteiger partial charge in [0.15, 0.2) is 0 Å². The minimum absolute atomic E-state index is 0.0157. The van der Waals surface area contributed by atoms with Gasteiger partial charge in [0.25, 0.3) is 11.6 Å². The number of nitrogens with one attached hydrogen (secondary N) is 2. The first-order valence-corrected chi connectivity index (χ1v) is 7.92. The van der Waals surface area contributed by atoms with E-state index in [0.29, 0.717) is 16.9 Å². The summed E-state index contributed by atoms with van der Waals surface area (Å²) in [5.41, 5.74) is 1.55. The Bertz CT molecular complexity index is 859. The highest BCUT2D eigenvalue weighted by Gasteiger charge is 2.29. The summed E-state index contributed by atoms with van der Waals surface area (Å²) in [6.07, 6.45) is 1.82. The van der Waals surface area contributed by atoms with Crippen LogP contribution in [0, 0.1) is 23.0 Å². The smallest absolute Gasteiger partial charge is 0.273 e. The van der Waals surface area contributed by atoms with Gasteiger partial charge in [0.1, 0.15) is 0 Å². The number of nitro groups is 1. The molecule has 3 rings (SSSR count). The second-order valence-electron chi connectivity index (χ2n) is 6.01. The van der Waals surface area contributed by atoms with E-state index in [2.05, 4.69) is 10.6 Å². The summed E-state index contributed by atoms with van der Waals surface area (Å²) in [5, 5.41) is 16.5. The second-order valence-corrected chi connectivity index (χ2v) is 6.01. The lowest BCUT2D eigenvalue weighted by Gasteiger charge is -2.10. The van der Waals surface area contributed by atoms with Gasteiger partial charge in [0, 0.05) is 34.5 Å². The first kappa shape index (κ1) is 16.6. The van der Waals surface area contributed by atoms with Crippen LogP contribution in [0.2, 0.25) is 0 Å². The molecule has 2 amide bonds. The van der Waals surface area contributed by atoms with Gasteiger partial charge < -0.3 is 10.6 Å². The van der Waals surface area contributed by atoms with E-state index in [9.17, 15) is 19.7 Å². The van der Waals surface area contributed by atoms with Crippen LogP contribution in [0.25, 0.3) is 0 Å². The van der Waals surface area contributed by atoms with Gasteiger partial charge in [-0.3, -0.25) is 19.7 Å². The minimum Gasteiger partial charge on any atom is -0.326 e. The summed E-state index contributed by atoms with van der Waals surface area (Å²) in [4.78, 5) is 34.7. The average molecular weight is 339 g/mol. The molecule has 0 saturated heterocycles. The highest BCUT2D eigenvalue weighted by atomic mass is 16.6. The highest BCUT2D eigenvalue weighted by molar-refractivity contribution is 6.06. The third-order valence-electron chi connectivity index (χ3n) is 4.08. The van der Waals surface area contributed by atoms with E-state index in [1.807, 2.05) is 0 Å². The van der Waals surface area contributed by atoms with Crippen LogP contribution in [-0.2, 0) is 4.79 Å². The number of amides is 2. The third-order valence-corrected chi connectivity index (χ3v) is 4.08. The molecule has 0 radical (unpaired) electrons. The monoisotopic (exact) mass is 339 g/mol. The van der Waals surface area contributed by atoms with Crippen molar-refractivity contribution >= 4 is 28.9 Å². The highest BCUT2D eigenvalue weighted by Crippen LogP contribution is 2.30. The van der Waals surface area contributed by atoms with Crippen LogP contribution in [0.5, 0.6) is 0 Å². The molecule has 1 fully saturated rings. The molecule has 7 heteroatoms. The van der Waals surface area contributed by atoms with Crippen molar-refractivity contribution in [3.63, 3.8) is 0 Å². The van der Waals surface area contributed by atoms with Gasteiger partial charge in [-0.05, 0) is 44.0 Å². The molecule has 1 aliphatic rings. The van der Waals surface area contributed by atoms with Gasteiger partial charge >= 0.3 is 0 Å². The summed E-state index contributed by atoms with van der Waals surface area (Å²) in [7, 11) is 0. The molecule has 0 aromatic heterocycles. The van der Waals surface area contributed by atoms with E-state index in [-0.39, 0.29) is 23.1 Å². The lowest BCUT2D eigenvalue weighted by atomic mass is 10.1. The number of hydrogen-bond acceptors (Lipinski definition) is 4. The molecule has 7 nitrogen and oxygen atoms in total. The third kappa shape index (κ3) is 3.82. The molecule has 1 aliphatic carbocycles. The topological polar surface area (TPSA) is 101 Å². The van der Waals surface area contributed by atoms with Crippen molar-refractivity contribution in [3.8, 4) is 0 Å². The van der Waals surface area contributed by atoms with Crippen molar-refractivity contribution in [3.05, 3.63) is 63.7 Å². The molecule has 0 aliphatic heterocycles. The fourth-order valence-electron chi connectivity index (χ4n) is 2.53. The molecule has 0 unspecified atom stereocenters. The molecule has 128 valence electrons. The van der Waals surface area contributed by atoms with E-state index in [1.165, 1.54) is 18.2 Å². The summed E-state index contributed by atoms with van der Waals surface area (Å²) in [6.45, 7) is 1.54. The first-order valence-electron chi connectivity index (χ1n) is 7.92. The van der Waals surface area contributed by atoms with Crippen LogP contribution in [0.4, 0.5) is 17.1 Å². The zero-order valence-corrected chi connectivity index (χ0v) is 13.6. The molecule has 2 aromatic rings. The van der Waals surface area contributed by atoms with E-state index in [1.54, 1.807) is 31.2 Å². The molecular weight excluding hydrogens is 322 g/mol. The Morgan fingerprint density at radius 3 is 2.36 bits per heavy atom. The van der Waals surface area contributed by atoms with E-state index in [4.69, 9.17) is 0 Å². The van der Waals surface area contributed by atoms with E-state index < -0.39 is 10.8 Å². The Hall–Kier alpha value is -3.22. The summed E-state index contributed by atoms with van der Waals surface area (Å²) in [5.74, 6) is -0.365. The maximum Gasteiger partial charge on any atom is 0.273 e. The molecule has 2 N–H and O–H groups in total. The number of hydrogen-bond donors (Lipinski definition) is 2. The molecule has 2 aromatic carbocycles. The van der Waals surface area contributed by atoms with Crippen LogP contribution in [0.15, 0.2) is 42.5 Å². The van der Waals surface area contributed by atoms with Crippen LogP contribution >= 0.6 is 0 Å². The average Bonchev–Trinajstić information content (AvgIpc) is 3.40. The van der Waals surface area contributed by atoms with Crippen LogP contribution < -0.4 is 10.6 Å². The van der Waals surface area contributed by atoms with Crippen molar-refractivity contribution < 1.29 is 14.5 Å². The SMILES string of the molecule is Cc1c(C(=O)Nc2cccc(NC(=O)C3CC3)c2)cccc1[N+](=O)[O-]. The zero-order chi connectivity index (χ0) is 18.0. The number of anilines is 2. The number of carbonyl (C=O) groups is 2. The van der Waals surface area contributed by atoms with Gasteiger partial charge in [-0.2, -0.15) is 0 Å². The fraction of sp³-hybridized carbons (Fsp3) is 0.222. The van der Waals surface area contributed by atoms with Crippen LogP contribution in [0.1, 0.15) is 28.8 Å². The minimum atomic E-state index is -0.514. The van der Waals surface area contributed by atoms with Crippen molar-refractivity contribution in [1.29, 1.82) is 0 Å². The Kier molecular flexibility index (Phi) is 4.47. The van der Waals surface area contributed by atoms with Crippen molar-refractivity contribution in [2.45, 2.75) is 19.8 Å². The first-order chi connectivity index (χ1) is 12.0. The van der Waals surface area contributed by atoms with Crippen molar-refractivity contribution in [2.24, 2.45) is 5.92 Å². The summed E-state index contributed by atoms with van der Waals surface area (Å²) >= 11 is 0. The summed E-state index contributed by atoms with van der Waals surface area (Å²) < 4.78 is 0. The number of nitro benzene ring substituents is 1. The van der Waals surface area contributed by atoms with Gasteiger partial charge in [-0.1, -0.05) is 12.1 Å². The molecule has 1 saturated carbocycles. The Balaban J connectivity index is 1.76. The fourth-order valence-corrected chi connectivity index (χ4v) is 2.53. The largest absolute Gasteiger partial charge is 0.326 e. The molecular formula is C18H17N3O4. The van der Waals surface area contributed by atoms with Gasteiger partial charge in [-0.25, -0.2) is 0 Å². The molecule has 0 heterocycles. The standard InChI is InChI=1S/C18H17N3O4/c1-11-15(6-3-7-16(11)21(24)25)18(23)20-14-5-2-4-13(10-14)19-17(22)12-8-9-12/h2-7,10,12H,8-9H2,1H3,(H,19,22)(H,20,23). The predicted octanol–water partition coefficient (Wildman–Crippen LogP) is 3.50. The lowest BCUT2D eigenvalue weighted by molar-refractivity contribution is -0.385. The maximum absolute atomic E-state index is 12.4. The Morgan fingerprint density at radius 2 is 1.72 bits per heavy atom. The Labute approximate surface area is 144 Å². The van der Waals surface area contributed by atoms with Crippen molar-refractivity contribution in [1.82, 2.24) is 0 Å². The van der Waals surface area contributed by atoms with Crippen molar-refractivity contribution in [2.75, 3.05) is 10.6 Å². The van der Waals surface area contributed by atoms with Crippen LogP contribution in [-0.4, -0.2) is 16.7 Å². The van der Waals surface area contributed by atoms with Crippen LogP contribution in [0.3, 0.4) is 0 Å². The van der Waals surface area contributed by atoms with E-state index >= 15 is 0 Å². The quantitative estimate of drug-likeness (QED) is 0.643.